The molecule has 0 bridgehead atoms. The van der Waals surface area contributed by atoms with Crippen LogP contribution in [0.25, 0.3) is 0 Å². The molecule has 0 saturated carbocycles. The van der Waals surface area contributed by atoms with Crippen LogP contribution in [0.15, 0.2) is 59.1 Å². The SMILES string of the molecule is COc1cc(CNc2ccc(Cl)cc2)c(Br)cc1OCc1c(F)cccc1Cl. The minimum Gasteiger partial charge on any atom is -0.493 e. The fourth-order valence-corrected chi connectivity index (χ4v) is 3.38. The molecule has 1 N–H and O–H groups in total. The maximum absolute atomic E-state index is 13.9. The van der Waals surface area contributed by atoms with Crippen LogP contribution >= 0.6 is 39.1 Å². The summed E-state index contributed by atoms with van der Waals surface area (Å²) in [5.41, 5.74) is 2.23. The molecule has 0 spiro atoms. The predicted molar refractivity (Wildman–Crippen MR) is 115 cm³/mol. The summed E-state index contributed by atoms with van der Waals surface area (Å²) in [6.45, 7) is 0.564. The van der Waals surface area contributed by atoms with E-state index in [4.69, 9.17) is 32.7 Å². The van der Waals surface area contributed by atoms with Crippen LogP contribution in [0.5, 0.6) is 11.5 Å². The molecule has 0 atom stereocenters. The molecule has 28 heavy (non-hydrogen) atoms. The van der Waals surface area contributed by atoms with Crippen molar-refractivity contribution in [2.45, 2.75) is 13.2 Å². The van der Waals surface area contributed by atoms with Gasteiger partial charge in [-0.2, -0.15) is 0 Å². The number of ether oxygens (including phenoxy) is 2. The van der Waals surface area contributed by atoms with Crippen molar-refractivity contribution in [1.82, 2.24) is 0 Å². The molecule has 0 heterocycles. The molecule has 0 aromatic heterocycles. The van der Waals surface area contributed by atoms with Crippen molar-refractivity contribution in [2.24, 2.45) is 0 Å². The van der Waals surface area contributed by atoms with Gasteiger partial charge >= 0.3 is 0 Å². The topological polar surface area (TPSA) is 30.5 Å². The molecule has 3 aromatic carbocycles. The molecular formula is C21H17BrCl2FNO2. The first-order chi connectivity index (χ1) is 13.5. The van der Waals surface area contributed by atoms with Crippen LogP contribution in [0.3, 0.4) is 0 Å². The van der Waals surface area contributed by atoms with Crippen molar-refractivity contribution in [3.63, 3.8) is 0 Å². The monoisotopic (exact) mass is 483 g/mol. The van der Waals surface area contributed by atoms with E-state index < -0.39 is 5.82 Å². The number of nitrogens with one attached hydrogen (secondary N) is 1. The Hall–Kier alpha value is -1.95. The van der Waals surface area contributed by atoms with Crippen LogP contribution in [0.1, 0.15) is 11.1 Å². The van der Waals surface area contributed by atoms with Crippen molar-refractivity contribution in [2.75, 3.05) is 12.4 Å². The fraction of sp³-hybridized carbons (Fsp3) is 0.143. The second-order valence-corrected chi connectivity index (χ2v) is 7.64. The molecule has 3 aromatic rings. The minimum absolute atomic E-state index is 0.00330. The number of rotatable bonds is 7. The smallest absolute Gasteiger partial charge is 0.162 e. The van der Waals surface area contributed by atoms with E-state index in [1.165, 1.54) is 6.07 Å². The summed E-state index contributed by atoms with van der Waals surface area (Å²) in [5, 5.41) is 4.33. The molecule has 0 aliphatic rings. The Morgan fingerprint density at radius 2 is 1.79 bits per heavy atom. The quantitative estimate of drug-likeness (QED) is 0.388. The zero-order valence-corrected chi connectivity index (χ0v) is 18.0. The average Bonchev–Trinajstić information content (AvgIpc) is 2.68. The molecule has 7 heteroatoms. The van der Waals surface area contributed by atoms with Crippen molar-refractivity contribution < 1.29 is 13.9 Å². The first kappa shape index (κ1) is 20.8. The molecular weight excluding hydrogens is 468 g/mol. The van der Waals surface area contributed by atoms with Gasteiger partial charge < -0.3 is 14.8 Å². The van der Waals surface area contributed by atoms with E-state index in [-0.39, 0.29) is 6.61 Å². The summed E-state index contributed by atoms with van der Waals surface area (Å²) in [7, 11) is 1.56. The standard InChI is InChI=1S/C21H17BrCl2FNO2/c1-27-20-9-13(11-26-15-7-5-14(23)6-8-15)17(22)10-21(20)28-12-16-18(24)3-2-4-19(16)25/h2-10,26H,11-12H2,1H3. The van der Waals surface area contributed by atoms with E-state index in [9.17, 15) is 4.39 Å². The van der Waals surface area contributed by atoms with Gasteiger partial charge in [0, 0.05) is 27.3 Å². The predicted octanol–water partition coefficient (Wildman–Crippen LogP) is 7.09. The maximum atomic E-state index is 13.9. The lowest BCUT2D eigenvalue weighted by Crippen LogP contribution is -2.04. The summed E-state index contributed by atoms with van der Waals surface area (Å²) in [6, 6.07) is 15.7. The van der Waals surface area contributed by atoms with Crippen LogP contribution in [0.4, 0.5) is 10.1 Å². The highest BCUT2D eigenvalue weighted by Crippen LogP contribution is 2.35. The summed E-state index contributed by atoms with van der Waals surface area (Å²) in [6.07, 6.45) is 0. The van der Waals surface area contributed by atoms with Gasteiger partial charge in [-0.05, 0) is 54.1 Å². The van der Waals surface area contributed by atoms with Gasteiger partial charge in [-0.1, -0.05) is 45.2 Å². The Bertz CT molecular complexity index is 947. The molecule has 0 aliphatic heterocycles. The van der Waals surface area contributed by atoms with E-state index in [1.54, 1.807) is 25.3 Å². The highest BCUT2D eigenvalue weighted by atomic mass is 79.9. The molecule has 3 nitrogen and oxygen atoms in total. The summed E-state index contributed by atoms with van der Waals surface area (Å²) >= 11 is 15.5. The van der Waals surface area contributed by atoms with Gasteiger partial charge in [0.15, 0.2) is 11.5 Å². The molecule has 0 amide bonds. The zero-order valence-electron chi connectivity index (χ0n) is 14.9. The van der Waals surface area contributed by atoms with Gasteiger partial charge in [0.05, 0.1) is 12.1 Å². The molecule has 0 fully saturated rings. The van der Waals surface area contributed by atoms with Crippen molar-refractivity contribution in [3.05, 3.63) is 86.1 Å². The maximum Gasteiger partial charge on any atom is 0.162 e. The third-order valence-electron chi connectivity index (χ3n) is 4.09. The van der Waals surface area contributed by atoms with E-state index >= 15 is 0 Å². The largest absolute Gasteiger partial charge is 0.493 e. The number of hydrogen-bond acceptors (Lipinski definition) is 3. The van der Waals surface area contributed by atoms with Crippen LogP contribution in [0, 0.1) is 5.82 Å². The summed E-state index contributed by atoms with van der Waals surface area (Å²) < 4.78 is 26.0. The third kappa shape index (κ3) is 5.10. The first-order valence-electron chi connectivity index (χ1n) is 8.39. The number of methoxy groups -OCH3 is 1. The van der Waals surface area contributed by atoms with E-state index in [2.05, 4.69) is 21.2 Å². The van der Waals surface area contributed by atoms with Crippen molar-refractivity contribution in [1.29, 1.82) is 0 Å². The lowest BCUT2D eigenvalue weighted by molar-refractivity contribution is 0.279. The van der Waals surface area contributed by atoms with Crippen LogP contribution in [-0.4, -0.2) is 7.11 Å². The Morgan fingerprint density at radius 3 is 2.46 bits per heavy atom. The highest BCUT2D eigenvalue weighted by Gasteiger charge is 2.13. The second-order valence-electron chi connectivity index (χ2n) is 5.94. The molecule has 0 aliphatic carbocycles. The number of hydrogen-bond donors (Lipinski definition) is 1. The Kier molecular flexibility index (Phi) is 7.05. The van der Waals surface area contributed by atoms with Crippen molar-refractivity contribution >= 4 is 44.8 Å². The van der Waals surface area contributed by atoms with Gasteiger partial charge in [0.1, 0.15) is 12.4 Å². The Morgan fingerprint density at radius 1 is 1.04 bits per heavy atom. The van der Waals surface area contributed by atoms with E-state index in [0.29, 0.717) is 33.7 Å². The molecule has 0 unspecified atom stereocenters. The number of anilines is 1. The average molecular weight is 485 g/mol. The normalized spacial score (nSPS) is 10.6. The zero-order chi connectivity index (χ0) is 20.1. The van der Waals surface area contributed by atoms with Crippen LogP contribution in [0.2, 0.25) is 10.0 Å². The van der Waals surface area contributed by atoms with Gasteiger partial charge in [0.25, 0.3) is 0 Å². The Labute approximate surface area is 181 Å². The first-order valence-corrected chi connectivity index (χ1v) is 9.94. The summed E-state index contributed by atoms with van der Waals surface area (Å²) in [4.78, 5) is 0. The summed E-state index contributed by atoms with van der Waals surface area (Å²) in [5.74, 6) is 0.627. The van der Waals surface area contributed by atoms with Gasteiger partial charge in [-0.25, -0.2) is 4.39 Å². The lowest BCUT2D eigenvalue weighted by atomic mass is 10.2. The Balaban J connectivity index is 1.74. The molecule has 3 rings (SSSR count). The molecule has 0 radical (unpaired) electrons. The highest BCUT2D eigenvalue weighted by molar-refractivity contribution is 9.10. The molecule has 0 saturated heterocycles. The van der Waals surface area contributed by atoms with Gasteiger partial charge in [-0.15, -0.1) is 0 Å². The van der Waals surface area contributed by atoms with Crippen LogP contribution in [-0.2, 0) is 13.2 Å². The molecule has 146 valence electrons. The number of benzene rings is 3. The third-order valence-corrected chi connectivity index (χ3v) is 5.44. The van der Waals surface area contributed by atoms with E-state index in [0.717, 1.165) is 15.7 Å². The second kappa shape index (κ2) is 9.50. The van der Waals surface area contributed by atoms with Crippen molar-refractivity contribution in [3.8, 4) is 11.5 Å². The lowest BCUT2D eigenvalue weighted by Gasteiger charge is -2.15. The van der Waals surface area contributed by atoms with Gasteiger partial charge in [-0.3, -0.25) is 0 Å². The fourth-order valence-electron chi connectivity index (χ4n) is 2.57. The number of halogens is 4. The minimum atomic E-state index is -0.408. The van der Waals surface area contributed by atoms with Crippen LogP contribution < -0.4 is 14.8 Å². The van der Waals surface area contributed by atoms with Gasteiger partial charge in [0.2, 0.25) is 0 Å². The van der Waals surface area contributed by atoms with E-state index in [1.807, 2.05) is 30.3 Å².